The van der Waals surface area contributed by atoms with E-state index in [0.29, 0.717) is 22.5 Å². The zero-order valence-electron chi connectivity index (χ0n) is 46.2. The van der Waals surface area contributed by atoms with Crippen LogP contribution in [0.25, 0.3) is 167 Å². The third-order valence-corrected chi connectivity index (χ3v) is 19.8. The van der Waals surface area contributed by atoms with Gasteiger partial charge in [-0.1, -0.05) is 243 Å². The van der Waals surface area contributed by atoms with E-state index in [2.05, 4.69) is 276 Å². The Morgan fingerprint density at radius 3 is 1.06 bits per heavy atom. The van der Waals surface area contributed by atoms with Crippen molar-refractivity contribution in [2.45, 2.75) is 0 Å². The lowest BCUT2D eigenvalue weighted by Gasteiger charge is -2.26. The summed E-state index contributed by atoms with van der Waals surface area (Å²) in [6, 6.07) is 102. The van der Waals surface area contributed by atoms with Gasteiger partial charge in [0.15, 0.2) is 0 Å². The molecule has 0 saturated carbocycles. The first-order valence-corrected chi connectivity index (χ1v) is 30.4. The number of hydrogen-bond acceptors (Lipinski definition) is 3. The van der Waals surface area contributed by atoms with Gasteiger partial charge in [-0.25, -0.2) is 4.85 Å². The Hall–Kier alpha value is -11.1. The van der Waals surface area contributed by atoms with E-state index in [4.69, 9.17) is 4.85 Å². The van der Waals surface area contributed by atoms with Crippen LogP contribution in [0.4, 0.5) is 5.69 Å². The zero-order chi connectivity index (χ0) is 57.0. The summed E-state index contributed by atoms with van der Waals surface area (Å²) in [7, 11) is 0. The second kappa shape index (κ2) is 19.8. The third-order valence-electron chi connectivity index (χ3n) is 17.4. The van der Waals surface area contributed by atoms with Crippen molar-refractivity contribution in [3.8, 4) is 84.2 Å². The molecule has 0 N–H and O–H groups in total. The predicted molar refractivity (Wildman–Crippen MR) is 364 cm³/mol. The fourth-order valence-corrected chi connectivity index (χ4v) is 15.9. The van der Waals surface area contributed by atoms with Gasteiger partial charge in [0.05, 0.1) is 55.0 Å². The van der Waals surface area contributed by atoms with Crippen LogP contribution in [0, 0.1) is 17.9 Å². The van der Waals surface area contributed by atoms with E-state index in [0.717, 1.165) is 131 Å². The van der Waals surface area contributed by atoms with E-state index in [-0.39, 0.29) is 0 Å². The molecule has 17 rings (SSSR count). The molecule has 0 aliphatic heterocycles. The Kier molecular flexibility index (Phi) is 11.4. The molecule has 4 aromatic heterocycles. The van der Waals surface area contributed by atoms with Gasteiger partial charge in [-0.3, -0.25) is 0 Å². The SMILES string of the molecule is [C-]#[N+]c1c(-c2ccccc2)c(C#N)c(-n2c3c(ccc4c5cc(-c6ccccc6)ccc5sc43)c3ccc4c5cc(-c6ccccc6)ccc5sc4c32)c(-c2ccccc2)c1-n1c2cc(-c3ccccc3)ccc2c2ccc(-c3ccccc3)cc21. The molecule has 4 nitrogen and oxygen atoms in total. The van der Waals surface area contributed by atoms with E-state index in [1.807, 2.05) is 18.2 Å². The second-order valence-corrected chi connectivity index (χ2v) is 24.1. The van der Waals surface area contributed by atoms with E-state index in [9.17, 15) is 11.8 Å². The Bertz CT molecular complexity index is 5420. The lowest BCUT2D eigenvalue weighted by atomic mass is 9.88. The Labute approximate surface area is 503 Å². The summed E-state index contributed by atoms with van der Waals surface area (Å²) >= 11 is 3.61. The predicted octanol–water partition coefficient (Wildman–Crippen LogP) is 23.0. The first kappa shape index (κ1) is 49.5. The average molecular weight is 1130 g/mol. The smallest absolute Gasteiger partial charge is 0.220 e. The van der Waals surface area contributed by atoms with E-state index in [1.54, 1.807) is 22.7 Å². The maximum Gasteiger partial charge on any atom is 0.220 e. The summed E-state index contributed by atoms with van der Waals surface area (Å²) in [4.78, 5) is 4.72. The minimum absolute atomic E-state index is 0.394. The van der Waals surface area contributed by atoms with Crippen molar-refractivity contribution < 1.29 is 0 Å². The lowest BCUT2D eigenvalue weighted by Crippen LogP contribution is -2.09. The molecule has 0 saturated heterocycles. The summed E-state index contributed by atoms with van der Waals surface area (Å²) in [5.74, 6) is 0. The van der Waals surface area contributed by atoms with Gasteiger partial charge in [0, 0.05) is 63.6 Å². The van der Waals surface area contributed by atoms with Crippen molar-refractivity contribution in [1.29, 1.82) is 5.26 Å². The quantitative estimate of drug-likeness (QED) is 0.140. The normalized spacial score (nSPS) is 11.7. The molecular formula is C80H46N4S2. The molecule has 0 aliphatic carbocycles. The highest BCUT2D eigenvalue weighted by Gasteiger charge is 2.33. The minimum Gasteiger partial charge on any atom is -0.318 e. The van der Waals surface area contributed by atoms with E-state index in [1.165, 1.54) is 20.2 Å². The van der Waals surface area contributed by atoms with Crippen LogP contribution in [0.1, 0.15) is 5.56 Å². The van der Waals surface area contributed by atoms with Crippen molar-refractivity contribution >= 4 is 112 Å². The molecule has 17 aromatic rings. The maximum absolute atomic E-state index is 12.5. The van der Waals surface area contributed by atoms with Gasteiger partial charge in [-0.15, -0.1) is 22.7 Å². The highest BCUT2D eigenvalue weighted by molar-refractivity contribution is 7.27. The van der Waals surface area contributed by atoms with E-state index >= 15 is 0 Å². The van der Waals surface area contributed by atoms with Crippen LogP contribution >= 0.6 is 22.7 Å². The summed E-state index contributed by atoms with van der Waals surface area (Å²) in [5.41, 5.74) is 18.2. The largest absolute Gasteiger partial charge is 0.318 e. The number of thiophene rings is 2. The molecule has 86 heavy (non-hydrogen) atoms. The van der Waals surface area contributed by atoms with Crippen LogP contribution in [-0.4, -0.2) is 9.13 Å². The Morgan fingerprint density at radius 1 is 0.314 bits per heavy atom. The molecule has 0 unspecified atom stereocenters. The Morgan fingerprint density at radius 2 is 0.663 bits per heavy atom. The van der Waals surface area contributed by atoms with Crippen molar-refractivity contribution in [2.24, 2.45) is 0 Å². The highest BCUT2D eigenvalue weighted by atomic mass is 32.1. The van der Waals surface area contributed by atoms with Crippen molar-refractivity contribution in [3.05, 3.63) is 296 Å². The van der Waals surface area contributed by atoms with Gasteiger partial charge in [0.2, 0.25) is 5.69 Å². The first-order valence-electron chi connectivity index (χ1n) is 28.8. The summed E-state index contributed by atoms with van der Waals surface area (Å²) in [6.45, 7) is 9.68. The number of nitriles is 1. The number of fused-ring (bicyclic) bond motifs is 14. The van der Waals surface area contributed by atoms with Gasteiger partial charge in [0.1, 0.15) is 6.07 Å². The Balaban J connectivity index is 1.11. The molecule has 6 heteroatoms. The van der Waals surface area contributed by atoms with Crippen LogP contribution < -0.4 is 0 Å². The van der Waals surface area contributed by atoms with Gasteiger partial charge in [0.25, 0.3) is 0 Å². The fourth-order valence-electron chi connectivity index (χ4n) is 13.5. The fraction of sp³-hybridized carbons (Fsp3) is 0. The number of nitrogens with zero attached hydrogens (tertiary/aromatic N) is 4. The van der Waals surface area contributed by atoms with Crippen LogP contribution in [0.2, 0.25) is 0 Å². The van der Waals surface area contributed by atoms with Crippen LogP contribution in [0.3, 0.4) is 0 Å². The molecule has 0 amide bonds. The molecular weight excluding hydrogens is 1080 g/mol. The summed E-state index contributed by atoms with van der Waals surface area (Å²) in [6.07, 6.45) is 0. The maximum atomic E-state index is 12.5. The molecule has 398 valence electrons. The molecule has 4 heterocycles. The second-order valence-electron chi connectivity index (χ2n) is 22.0. The van der Waals surface area contributed by atoms with Crippen LogP contribution in [-0.2, 0) is 0 Å². The molecule has 13 aromatic carbocycles. The number of benzene rings is 13. The summed E-state index contributed by atoms with van der Waals surface area (Å²) < 4.78 is 9.43. The molecule has 0 atom stereocenters. The average Bonchev–Trinajstić information content (AvgIpc) is 1.56. The molecule has 0 radical (unpaired) electrons. The van der Waals surface area contributed by atoms with Gasteiger partial charge < -0.3 is 9.13 Å². The van der Waals surface area contributed by atoms with Gasteiger partial charge >= 0.3 is 0 Å². The van der Waals surface area contributed by atoms with E-state index < -0.39 is 0 Å². The minimum atomic E-state index is 0.394. The van der Waals surface area contributed by atoms with Crippen molar-refractivity contribution in [2.75, 3.05) is 0 Å². The van der Waals surface area contributed by atoms with Crippen molar-refractivity contribution in [3.63, 3.8) is 0 Å². The number of rotatable bonds is 8. The summed E-state index contributed by atoms with van der Waals surface area (Å²) in [5, 5.41) is 21.5. The zero-order valence-corrected chi connectivity index (χ0v) is 47.8. The van der Waals surface area contributed by atoms with Gasteiger partial charge in [-0.05, 0) is 92.0 Å². The topological polar surface area (TPSA) is 38.0 Å². The molecule has 0 fully saturated rings. The molecule has 0 aliphatic rings. The molecule has 0 bridgehead atoms. The first-order chi connectivity index (χ1) is 42.6. The third kappa shape index (κ3) is 7.58. The standard InChI is InChI=1S/C80H46N4S2/c1-82-74-72(53-28-16-6-17-29-53)67(48-81)75(73(54-30-18-7-19-31-54)78(74)83-68-46-57(51-24-12-4-13-25-51)32-36-59(68)60-37-33-58(47-69(60)83)52-26-14-5-15-27-52)84-76-61(38-40-63-65-44-55(49-20-8-2-9-21-49)34-42-70(65)85-79(63)76)62-39-41-64-66-45-56(50-22-10-3-11-23-50)35-43-71(66)86-80(64)77(62)84/h2-47H. The number of aromatic nitrogens is 2. The van der Waals surface area contributed by atoms with Gasteiger partial charge in [-0.2, -0.15) is 5.26 Å². The van der Waals surface area contributed by atoms with Crippen molar-refractivity contribution in [1.82, 2.24) is 9.13 Å². The molecule has 0 spiro atoms. The monoisotopic (exact) mass is 1130 g/mol. The number of hydrogen-bond donors (Lipinski definition) is 0. The lowest BCUT2D eigenvalue weighted by molar-refractivity contribution is 1.14. The van der Waals surface area contributed by atoms with Crippen LogP contribution in [0.5, 0.6) is 0 Å². The highest BCUT2D eigenvalue weighted by Crippen LogP contribution is 2.55. The van der Waals surface area contributed by atoms with Crippen LogP contribution in [0.15, 0.2) is 279 Å².